The number of carbonyl (C=O) groups is 2. The summed E-state index contributed by atoms with van der Waals surface area (Å²) in [6.45, 7) is 1.15. The van der Waals surface area contributed by atoms with Crippen LogP contribution in [0.4, 0.5) is 13.2 Å². The lowest BCUT2D eigenvalue weighted by Crippen LogP contribution is -2.47. The number of alkyl halides is 3. The Bertz CT molecular complexity index is 1420. The number of aliphatic hydroxyl groups is 1. The molecular weight excluding hydrogens is 551 g/mol. The van der Waals surface area contributed by atoms with Crippen LogP contribution in [-0.4, -0.2) is 74.4 Å². The second kappa shape index (κ2) is 11.1. The Balaban J connectivity index is 1.01. The highest BCUT2D eigenvalue weighted by atomic mass is 19.4. The number of carbonyl (C=O) groups excluding carboxylic acids is 2. The van der Waals surface area contributed by atoms with E-state index in [1.165, 1.54) is 18.4 Å². The zero-order valence-electron chi connectivity index (χ0n) is 22.9. The summed E-state index contributed by atoms with van der Waals surface area (Å²) in [7, 11) is 0. The van der Waals surface area contributed by atoms with Gasteiger partial charge in [-0.15, -0.1) is 0 Å². The largest absolute Gasteiger partial charge is 0.444 e. The van der Waals surface area contributed by atoms with E-state index in [4.69, 9.17) is 4.42 Å². The Hall–Kier alpha value is -3.77. The van der Waals surface area contributed by atoms with Crippen molar-refractivity contribution in [2.75, 3.05) is 19.6 Å². The quantitative estimate of drug-likeness (QED) is 0.452. The number of nitrogens with zero attached hydrogens (tertiary/aromatic N) is 4. The summed E-state index contributed by atoms with van der Waals surface area (Å²) >= 11 is 0. The number of pyridine rings is 1. The van der Waals surface area contributed by atoms with Crippen LogP contribution < -0.4 is 5.32 Å². The molecule has 12 heteroatoms. The number of likely N-dealkylation sites (tertiary alicyclic amines) is 2. The molecule has 0 unspecified atom stereocenters. The Morgan fingerprint density at radius 2 is 1.83 bits per heavy atom. The number of nitrogens with one attached hydrogen (secondary N) is 1. The standard InChI is InChI=1S/C30H32F3N5O4/c31-30(32,33)21-3-1-2-19(16-21)27(40)36-18-26(39)38-14-9-23-24(38)8-13-37(23)22-6-10-29(41,11-7-22)25-5-4-20(17-35-25)28-34-12-15-42-28/h1-5,12,15-17,22-24,41H,6-11,13-14,18H2,(H,36,40)/t22?,23-,24-,29?/m1/s1. The minimum absolute atomic E-state index is 0.0354. The van der Waals surface area contributed by atoms with Crippen molar-refractivity contribution in [1.82, 2.24) is 25.1 Å². The molecule has 0 bridgehead atoms. The summed E-state index contributed by atoms with van der Waals surface area (Å²) in [5, 5.41) is 13.9. The van der Waals surface area contributed by atoms with Crippen molar-refractivity contribution in [3.05, 3.63) is 71.9 Å². The molecule has 1 saturated carbocycles. The molecule has 222 valence electrons. The Morgan fingerprint density at radius 1 is 1.05 bits per heavy atom. The molecule has 3 aromatic rings. The number of rotatable bonds is 6. The Labute approximate surface area is 240 Å². The molecule has 0 spiro atoms. The van der Waals surface area contributed by atoms with Gasteiger partial charge in [-0.3, -0.25) is 19.5 Å². The minimum Gasteiger partial charge on any atom is -0.444 e. The smallest absolute Gasteiger partial charge is 0.416 e. The van der Waals surface area contributed by atoms with E-state index in [1.807, 2.05) is 12.1 Å². The van der Waals surface area contributed by atoms with Crippen LogP contribution in [-0.2, 0) is 16.6 Å². The van der Waals surface area contributed by atoms with Crippen LogP contribution in [0.5, 0.6) is 0 Å². The molecule has 1 aliphatic carbocycles. The van der Waals surface area contributed by atoms with Gasteiger partial charge in [0.2, 0.25) is 11.8 Å². The average Bonchev–Trinajstić information content (AvgIpc) is 3.75. The molecule has 2 saturated heterocycles. The molecule has 3 fully saturated rings. The highest BCUT2D eigenvalue weighted by molar-refractivity contribution is 5.96. The zero-order valence-corrected chi connectivity index (χ0v) is 22.9. The summed E-state index contributed by atoms with van der Waals surface area (Å²) in [6.07, 6.45) is 4.62. The van der Waals surface area contributed by atoms with Gasteiger partial charge in [-0.2, -0.15) is 13.2 Å². The van der Waals surface area contributed by atoms with E-state index < -0.39 is 23.2 Å². The van der Waals surface area contributed by atoms with Crippen molar-refractivity contribution in [2.45, 2.75) is 68.4 Å². The Kier molecular flexibility index (Phi) is 7.52. The molecule has 0 radical (unpaired) electrons. The first kappa shape index (κ1) is 28.4. The van der Waals surface area contributed by atoms with E-state index in [-0.39, 0.29) is 30.1 Å². The summed E-state index contributed by atoms with van der Waals surface area (Å²) < 4.78 is 44.3. The summed E-state index contributed by atoms with van der Waals surface area (Å²) in [6, 6.07) is 8.39. The van der Waals surface area contributed by atoms with Gasteiger partial charge in [0.25, 0.3) is 5.91 Å². The summed E-state index contributed by atoms with van der Waals surface area (Å²) in [5.74, 6) is -0.466. The molecule has 3 aliphatic rings. The highest BCUT2D eigenvalue weighted by Gasteiger charge is 2.48. The molecule has 2 aliphatic heterocycles. The van der Waals surface area contributed by atoms with Gasteiger partial charge in [0.1, 0.15) is 11.9 Å². The van der Waals surface area contributed by atoms with Crippen LogP contribution in [0.15, 0.2) is 59.5 Å². The minimum atomic E-state index is -4.55. The van der Waals surface area contributed by atoms with E-state index in [2.05, 4.69) is 20.2 Å². The molecule has 6 rings (SSSR count). The molecule has 2 N–H and O–H groups in total. The predicted molar refractivity (Wildman–Crippen MR) is 145 cm³/mol. The van der Waals surface area contributed by atoms with Gasteiger partial charge in [0.05, 0.1) is 29.6 Å². The third-order valence-electron chi connectivity index (χ3n) is 8.96. The first-order valence-electron chi connectivity index (χ1n) is 14.2. The maximum Gasteiger partial charge on any atom is 0.416 e. The number of hydrogen-bond donors (Lipinski definition) is 2. The topological polar surface area (TPSA) is 112 Å². The number of aromatic nitrogens is 2. The van der Waals surface area contributed by atoms with Crippen LogP contribution in [0.1, 0.15) is 60.1 Å². The van der Waals surface area contributed by atoms with Crippen LogP contribution in [0.2, 0.25) is 0 Å². The van der Waals surface area contributed by atoms with Gasteiger partial charge >= 0.3 is 6.18 Å². The van der Waals surface area contributed by atoms with Crippen molar-refractivity contribution < 1.29 is 32.3 Å². The maximum atomic E-state index is 13.0. The molecule has 42 heavy (non-hydrogen) atoms. The lowest BCUT2D eigenvalue weighted by molar-refractivity contribution is -0.137. The van der Waals surface area contributed by atoms with E-state index in [0.717, 1.165) is 49.9 Å². The highest BCUT2D eigenvalue weighted by Crippen LogP contribution is 2.42. The third kappa shape index (κ3) is 5.52. The van der Waals surface area contributed by atoms with Gasteiger partial charge < -0.3 is 19.7 Å². The first-order chi connectivity index (χ1) is 20.1. The van der Waals surface area contributed by atoms with E-state index in [1.54, 1.807) is 17.3 Å². The van der Waals surface area contributed by atoms with Crippen LogP contribution in [0.25, 0.3) is 11.5 Å². The van der Waals surface area contributed by atoms with Crippen molar-refractivity contribution in [3.63, 3.8) is 0 Å². The lowest BCUT2D eigenvalue weighted by atomic mass is 9.79. The fraction of sp³-hybridized carbons (Fsp3) is 0.467. The third-order valence-corrected chi connectivity index (χ3v) is 8.96. The molecule has 1 aromatic carbocycles. The zero-order chi connectivity index (χ0) is 29.5. The number of halogens is 3. The summed E-state index contributed by atoms with van der Waals surface area (Å²) in [5.41, 5.74) is -0.657. The molecule has 9 nitrogen and oxygen atoms in total. The normalized spacial score (nSPS) is 26.3. The second-order valence-corrected chi connectivity index (χ2v) is 11.3. The SMILES string of the molecule is O=C(NCC(=O)N1CC[C@@H]2[C@H]1CCN2C1CCC(O)(c2ccc(-c3ncco3)cn2)CC1)c1cccc(C(F)(F)F)c1. The van der Waals surface area contributed by atoms with E-state index >= 15 is 0 Å². The van der Waals surface area contributed by atoms with Gasteiger partial charge in [0.15, 0.2) is 0 Å². The molecule has 2 amide bonds. The van der Waals surface area contributed by atoms with Gasteiger partial charge in [-0.25, -0.2) is 4.98 Å². The monoisotopic (exact) mass is 583 g/mol. The van der Waals surface area contributed by atoms with Crippen molar-refractivity contribution in [3.8, 4) is 11.5 Å². The van der Waals surface area contributed by atoms with Gasteiger partial charge in [0, 0.05) is 43.0 Å². The average molecular weight is 584 g/mol. The number of hydrogen-bond acceptors (Lipinski definition) is 7. The maximum absolute atomic E-state index is 13.0. The lowest BCUT2D eigenvalue weighted by Gasteiger charge is -2.41. The van der Waals surface area contributed by atoms with E-state index in [9.17, 15) is 27.9 Å². The van der Waals surface area contributed by atoms with Gasteiger partial charge in [-0.05, 0) is 68.9 Å². The molecule has 4 heterocycles. The fourth-order valence-corrected chi connectivity index (χ4v) is 6.81. The van der Waals surface area contributed by atoms with Crippen molar-refractivity contribution in [2.24, 2.45) is 0 Å². The van der Waals surface area contributed by atoms with Crippen LogP contribution >= 0.6 is 0 Å². The van der Waals surface area contributed by atoms with Crippen molar-refractivity contribution in [1.29, 1.82) is 0 Å². The Morgan fingerprint density at radius 3 is 2.52 bits per heavy atom. The number of oxazole rings is 1. The molecular formula is C30H32F3N5O4. The van der Waals surface area contributed by atoms with Crippen LogP contribution in [0, 0.1) is 0 Å². The number of benzene rings is 1. The number of fused-ring (bicyclic) bond motifs is 1. The second-order valence-electron chi connectivity index (χ2n) is 11.3. The molecule has 2 atom stereocenters. The van der Waals surface area contributed by atoms with Crippen molar-refractivity contribution >= 4 is 11.8 Å². The fourth-order valence-electron chi connectivity index (χ4n) is 6.81. The first-order valence-corrected chi connectivity index (χ1v) is 14.2. The molecule has 2 aromatic heterocycles. The summed E-state index contributed by atoms with van der Waals surface area (Å²) in [4.78, 5) is 38.4. The van der Waals surface area contributed by atoms with E-state index in [0.29, 0.717) is 37.0 Å². The van der Waals surface area contributed by atoms with Gasteiger partial charge in [-0.1, -0.05) is 6.07 Å². The predicted octanol–water partition coefficient (Wildman–Crippen LogP) is 3.99. The number of amides is 2. The van der Waals surface area contributed by atoms with Crippen LogP contribution in [0.3, 0.4) is 0 Å².